The van der Waals surface area contributed by atoms with E-state index in [2.05, 4.69) is 6.92 Å². The molecule has 4 heteroatoms. The van der Waals surface area contributed by atoms with Crippen molar-refractivity contribution in [3.8, 4) is 0 Å². The fourth-order valence-corrected chi connectivity index (χ4v) is 3.26. The van der Waals surface area contributed by atoms with Crippen molar-refractivity contribution in [1.29, 1.82) is 0 Å². The molecule has 17 heavy (non-hydrogen) atoms. The minimum atomic E-state index is 0.227. The molecular weight excluding hydrogens is 232 g/mol. The van der Waals surface area contributed by atoms with E-state index in [1.54, 1.807) is 11.3 Å². The fourth-order valence-electron chi connectivity index (χ4n) is 2.59. The molecule has 94 valence electrons. The molecule has 1 fully saturated rings. The first-order chi connectivity index (χ1) is 8.22. The van der Waals surface area contributed by atoms with Crippen molar-refractivity contribution in [1.82, 2.24) is 4.90 Å². The zero-order valence-corrected chi connectivity index (χ0v) is 11.1. The quantitative estimate of drug-likeness (QED) is 0.892. The van der Waals surface area contributed by atoms with Gasteiger partial charge in [-0.1, -0.05) is 6.92 Å². The fraction of sp³-hybridized carbons (Fsp3) is 0.615. The Balaban J connectivity index is 2.02. The third-order valence-corrected chi connectivity index (χ3v) is 4.35. The van der Waals surface area contributed by atoms with Gasteiger partial charge in [-0.15, -0.1) is 0 Å². The van der Waals surface area contributed by atoms with Crippen LogP contribution in [0.2, 0.25) is 0 Å². The van der Waals surface area contributed by atoms with Gasteiger partial charge in [0.15, 0.2) is 0 Å². The molecule has 0 saturated carbocycles. The molecule has 2 atom stereocenters. The average molecular weight is 252 g/mol. The summed E-state index contributed by atoms with van der Waals surface area (Å²) >= 11 is 1.64. The summed E-state index contributed by atoms with van der Waals surface area (Å²) in [5.41, 5.74) is 6.92. The second-order valence-corrected chi connectivity index (χ2v) is 5.60. The average Bonchev–Trinajstić information content (AvgIpc) is 2.81. The Bertz CT molecular complexity index is 364. The minimum absolute atomic E-state index is 0.227. The van der Waals surface area contributed by atoms with E-state index in [4.69, 9.17) is 5.73 Å². The van der Waals surface area contributed by atoms with Crippen LogP contribution >= 0.6 is 11.3 Å². The third-order valence-electron chi connectivity index (χ3n) is 3.61. The molecule has 0 unspecified atom stereocenters. The zero-order valence-electron chi connectivity index (χ0n) is 10.3. The molecule has 2 heterocycles. The van der Waals surface area contributed by atoms with Gasteiger partial charge >= 0.3 is 0 Å². The van der Waals surface area contributed by atoms with Crippen molar-refractivity contribution in [3.05, 3.63) is 22.4 Å². The van der Waals surface area contributed by atoms with Gasteiger partial charge in [-0.05, 0) is 41.1 Å². The Kier molecular flexibility index (Phi) is 4.18. The standard InChI is InChI=1S/C13H20N2OS/c1-10-3-2-5-15(12(10)8-14)13(16)7-11-4-6-17-9-11/h4,6,9-10,12H,2-3,5,7-8,14H2,1H3/t10-,12-/m0/s1. The van der Waals surface area contributed by atoms with E-state index in [9.17, 15) is 4.79 Å². The number of nitrogens with two attached hydrogens (primary N) is 1. The van der Waals surface area contributed by atoms with Crippen LogP contribution in [0.1, 0.15) is 25.3 Å². The smallest absolute Gasteiger partial charge is 0.227 e. The molecule has 1 aliphatic heterocycles. The molecule has 1 aliphatic rings. The Hall–Kier alpha value is -0.870. The number of thiophene rings is 1. The Labute approximate surface area is 107 Å². The first kappa shape index (κ1) is 12.6. The molecule has 1 aromatic heterocycles. The summed E-state index contributed by atoms with van der Waals surface area (Å²) in [5, 5.41) is 4.06. The lowest BCUT2D eigenvalue weighted by atomic mass is 9.90. The van der Waals surface area contributed by atoms with E-state index in [1.807, 2.05) is 21.7 Å². The Morgan fingerprint density at radius 3 is 3.12 bits per heavy atom. The summed E-state index contributed by atoms with van der Waals surface area (Å²) in [7, 11) is 0. The van der Waals surface area contributed by atoms with E-state index in [1.165, 1.54) is 6.42 Å². The van der Waals surface area contributed by atoms with Crippen molar-refractivity contribution in [2.45, 2.75) is 32.2 Å². The molecule has 0 spiro atoms. The Morgan fingerprint density at radius 1 is 1.65 bits per heavy atom. The van der Waals surface area contributed by atoms with Crippen molar-refractivity contribution in [2.24, 2.45) is 11.7 Å². The van der Waals surface area contributed by atoms with E-state index in [0.717, 1.165) is 18.5 Å². The lowest BCUT2D eigenvalue weighted by molar-refractivity contribution is -0.135. The van der Waals surface area contributed by atoms with Gasteiger partial charge in [0.2, 0.25) is 5.91 Å². The van der Waals surface area contributed by atoms with E-state index in [-0.39, 0.29) is 11.9 Å². The molecule has 0 aliphatic carbocycles. The summed E-state index contributed by atoms with van der Waals surface area (Å²) in [6, 6.07) is 2.25. The van der Waals surface area contributed by atoms with Crippen molar-refractivity contribution in [2.75, 3.05) is 13.1 Å². The normalized spacial score (nSPS) is 24.9. The molecule has 2 N–H and O–H groups in total. The van der Waals surface area contributed by atoms with Crippen molar-refractivity contribution in [3.63, 3.8) is 0 Å². The molecule has 2 rings (SSSR count). The van der Waals surface area contributed by atoms with E-state index >= 15 is 0 Å². The largest absolute Gasteiger partial charge is 0.338 e. The lowest BCUT2D eigenvalue weighted by Gasteiger charge is -2.39. The molecular formula is C13H20N2OS. The highest BCUT2D eigenvalue weighted by atomic mass is 32.1. The monoisotopic (exact) mass is 252 g/mol. The number of hydrogen-bond donors (Lipinski definition) is 1. The predicted octanol–water partition coefficient (Wildman–Crippen LogP) is 1.88. The van der Waals surface area contributed by atoms with Crippen LogP contribution in [0, 0.1) is 5.92 Å². The van der Waals surface area contributed by atoms with Gasteiger partial charge in [0.05, 0.1) is 6.42 Å². The van der Waals surface area contributed by atoms with Crippen LogP contribution in [-0.2, 0) is 11.2 Å². The van der Waals surface area contributed by atoms with Crippen LogP contribution < -0.4 is 5.73 Å². The Morgan fingerprint density at radius 2 is 2.47 bits per heavy atom. The highest BCUT2D eigenvalue weighted by Crippen LogP contribution is 2.23. The van der Waals surface area contributed by atoms with E-state index < -0.39 is 0 Å². The van der Waals surface area contributed by atoms with Gasteiger partial charge in [-0.25, -0.2) is 0 Å². The number of hydrogen-bond acceptors (Lipinski definition) is 3. The van der Waals surface area contributed by atoms with Gasteiger partial charge < -0.3 is 10.6 Å². The van der Waals surface area contributed by atoms with Crippen LogP contribution in [0.5, 0.6) is 0 Å². The third kappa shape index (κ3) is 2.87. The van der Waals surface area contributed by atoms with Crippen molar-refractivity contribution >= 4 is 17.2 Å². The molecule has 0 bridgehead atoms. The summed E-state index contributed by atoms with van der Waals surface area (Å²) in [4.78, 5) is 14.2. The van der Waals surface area contributed by atoms with Gasteiger partial charge in [0.1, 0.15) is 0 Å². The predicted molar refractivity (Wildman–Crippen MR) is 71.0 cm³/mol. The first-order valence-electron chi connectivity index (χ1n) is 6.23. The van der Waals surface area contributed by atoms with Crippen LogP contribution in [0.15, 0.2) is 16.8 Å². The minimum Gasteiger partial charge on any atom is -0.338 e. The molecule has 3 nitrogen and oxygen atoms in total. The number of carbonyl (C=O) groups is 1. The highest BCUT2D eigenvalue weighted by Gasteiger charge is 2.30. The zero-order chi connectivity index (χ0) is 12.3. The summed E-state index contributed by atoms with van der Waals surface area (Å²) < 4.78 is 0. The second kappa shape index (κ2) is 5.65. The number of piperidine rings is 1. The van der Waals surface area contributed by atoms with E-state index in [0.29, 0.717) is 18.9 Å². The van der Waals surface area contributed by atoms with Crippen LogP contribution in [0.4, 0.5) is 0 Å². The maximum Gasteiger partial charge on any atom is 0.227 e. The van der Waals surface area contributed by atoms with Crippen molar-refractivity contribution < 1.29 is 4.79 Å². The molecule has 1 saturated heterocycles. The number of nitrogens with zero attached hydrogens (tertiary/aromatic N) is 1. The SMILES string of the molecule is C[C@H]1CCCN(C(=O)Cc2ccsc2)[C@H]1CN. The maximum absolute atomic E-state index is 12.3. The van der Waals surface area contributed by atoms with Crippen LogP contribution in [-0.4, -0.2) is 29.9 Å². The first-order valence-corrected chi connectivity index (χ1v) is 7.17. The highest BCUT2D eigenvalue weighted by molar-refractivity contribution is 7.07. The number of likely N-dealkylation sites (tertiary alicyclic amines) is 1. The molecule has 1 aromatic rings. The van der Waals surface area contributed by atoms with Crippen LogP contribution in [0.3, 0.4) is 0 Å². The topological polar surface area (TPSA) is 46.3 Å². The second-order valence-electron chi connectivity index (χ2n) is 4.82. The lowest BCUT2D eigenvalue weighted by Crippen LogP contribution is -2.51. The molecule has 0 aromatic carbocycles. The number of amides is 1. The number of rotatable bonds is 3. The molecule has 1 amide bonds. The summed E-state index contributed by atoms with van der Waals surface area (Å²) in [5.74, 6) is 0.755. The van der Waals surface area contributed by atoms with Crippen LogP contribution in [0.25, 0.3) is 0 Å². The van der Waals surface area contributed by atoms with Gasteiger partial charge in [-0.2, -0.15) is 11.3 Å². The van der Waals surface area contributed by atoms with Gasteiger partial charge in [0, 0.05) is 19.1 Å². The summed E-state index contributed by atoms with van der Waals surface area (Å²) in [6.45, 7) is 3.65. The summed E-state index contributed by atoms with van der Waals surface area (Å²) in [6.07, 6.45) is 2.81. The van der Waals surface area contributed by atoms with Gasteiger partial charge in [-0.3, -0.25) is 4.79 Å². The molecule has 0 radical (unpaired) electrons. The maximum atomic E-state index is 12.3. The van der Waals surface area contributed by atoms with Gasteiger partial charge in [0.25, 0.3) is 0 Å². The number of carbonyl (C=O) groups excluding carboxylic acids is 1.